The Bertz CT molecular complexity index is 1560. The van der Waals surface area contributed by atoms with E-state index in [4.69, 9.17) is 4.98 Å². The van der Waals surface area contributed by atoms with Gasteiger partial charge in [-0.05, 0) is 66.8 Å². The number of hydrogen-bond acceptors (Lipinski definition) is 6. The zero-order valence-electron chi connectivity index (χ0n) is 22.2. The smallest absolute Gasteiger partial charge is 0.267 e. The zero-order valence-corrected chi connectivity index (χ0v) is 23.8. The topological polar surface area (TPSA) is 76.3 Å². The van der Waals surface area contributed by atoms with Crippen LogP contribution >= 0.6 is 23.1 Å². The molecule has 5 rings (SSSR count). The summed E-state index contributed by atoms with van der Waals surface area (Å²) in [7, 11) is 0. The van der Waals surface area contributed by atoms with Crippen LogP contribution in [0.15, 0.2) is 63.6 Å². The summed E-state index contributed by atoms with van der Waals surface area (Å²) in [5.74, 6) is -0.164. The molecule has 0 aliphatic heterocycles. The Balaban J connectivity index is 1.36. The molecule has 196 valence electrons. The molecule has 0 radical (unpaired) electrons. The highest BCUT2D eigenvalue weighted by atomic mass is 32.2. The Morgan fingerprint density at radius 1 is 1.11 bits per heavy atom. The van der Waals surface area contributed by atoms with Crippen LogP contribution in [0.1, 0.15) is 60.7 Å². The van der Waals surface area contributed by atoms with Crippen LogP contribution in [-0.2, 0) is 23.1 Å². The van der Waals surface area contributed by atoms with Crippen molar-refractivity contribution in [3.8, 4) is 5.69 Å². The fraction of sp³-hybridized carbons (Fsp3) is 0.333. The van der Waals surface area contributed by atoms with Crippen molar-refractivity contribution < 1.29 is 4.79 Å². The number of nitrogens with one attached hydrogen (secondary N) is 1. The number of rotatable bonds is 6. The van der Waals surface area contributed by atoms with E-state index in [1.54, 1.807) is 22.1 Å². The Labute approximate surface area is 231 Å². The third-order valence-corrected chi connectivity index (χ3v) is 8.89. The van der Waals surface area contributed by atoms with Gasteiger partial charge in [0.25, 0.3) is 11.5 Å². The molecule has 6 nitrogen and oxygen atoms in total. The quantitative estimate of drug-likeness (QED) is 0.136. The minimum absolute atomic E-state index is 0.0575. The number of benzene rings is 2. The summed E-state index contributed by atoms with van der Waals surface area (Å²) < 4.78 is 1.65. The van der Waals surface area contributed by atoms with E-state index in [9.17, 15) is 9.59 Å². The Hall–Kier alpha value is -3.23. The highest BCUT2D eigenvalue weighted by Gasteiger charge is 2.23. The van der Waals surface area contributed by atoms with Crippen molar-refractivity contribution in [2.24, 2.45) is 5.10 Å². The minimum atomic E-state index is -0.257. The largest absolute Gasteiger partial charge is 0.272 e. The van der Waals surface area contributed by atoms with E-state index >= 15 is 0 Å². The maximum Gasteiger partial charge on any atom is 0.267 e. The number of aromatic nitrogens is 2. The number of hydrogen-bond donors (Lipinski definition) is 1. The van der Waals surface area contributed by atoms with Crippen molar-refractivity contribution in [3.05, 3.63) is 86.0 Å². The van der Waals surface area contributed by atoms with Crippen molar-refractivity contribution in [1.29, 1.82) is 0 Å². The van der Waals surface area contributed by atoms with E-state index in [0.29, 0.717) is 5.16 Å². The minimum Gasteiger partial charge on any atom is -0.272 e. The maximum atomic E-state index is 13.8. The molecule has 8 heteroatoms. The summed E-state index contributed by atoms with van der Waals surface area (Å²) in [5.41, 5.74) is 7.81. The maximum absolute atomic E-state index is 13.8. The molecule has 0 unspecified atom stereocenters. The highest BCUT2D eigenvalue weighted by molar-refractivity contribution is 7.99. The molecule has 38 heavy (non-hydrogen) atoms. The first-order valence-corrected chi connectivity index (χ1v) is 14.7. The lowest BCUT2D eigenvalue weighted by Gasteiger charge is -2.18. The van der Waals surface area contributed by atoms with Crippen LogP contribution in [0.3, 0.4) is 0 Å². The summed E-state index contributed by atoms with van der Waals surface area (Å²) in [6, 6.07) is 16.0. The van der Waals surface area contributed by atoms with Gasteiger partial charge in [0.1, 0.15) is 4.83 Å². The molecular formula is C30H32N4O2S2. The summed E-state index contributed by atoms with van der Waals surface area (Å²) in [6.07, 6.45) is 5.81. The lowest BCUT2D eigenvalue weighted by atomic mass is 9.87. The summed E-state index contributed by atoms with van der Waals surface area (Å²) >= 11 is 2.87. The molecule has 2 aromatic heterocycles. The second-order valence-electron chi connectivity index (χ2n) is 10.7. The number of thiophene rings is 1. The normalized spacial score (nSPS) is 13.7. The highest BCUT2D eigenvalue weighted by Crippen LogP contribution is 2.35. The molecule has 0 saturated carbocycles. The van der Waals surface area contributed by atoms with Crippen LogP contribution in [0.4, 0.5) is 0 Å². The molecule has 1 aliphatic rings. The zero-order chi connectivity index (χ0) is 26.9. The number of carbonyl (C=O) groups excluding carboxylic acids is 1. The van der Waals surface area contributed by atoms with Gasteiger partial charge < -0.3 is 0 Å². The van der Waals surface area contributed by atoms with Crippen molar-refractivity contribution in [2.75, 3.05) is 5.75 Å². The van der Waals surface area contributed by atoms with Gasteiger partial charge in [-0.3, -0.25) is 14.2 Å². The first-order chi connectivity index (χ1) is 18.2. The van der Waals surface area contributed by atoms with Crippen LogP contribution in [-0.4, -0.2) is 27.4 Å². The second-order valence-corrected chi connectivity index (χ2v) is 12.7. The van der Waals surface area contributed by atoms with Gasteiger partial charge in [-0.2, -0.15) is 5.10 Å². The standard InChI is InChI=1S/C30H32N4O2S2/c1-19-9-15-22(16-10-19)34-28(36)26-23-7-5-6-8-24(23)38-27(26)32-29(34)37-18-25(35)33-31-17-20-11-13-21(14-12-20)30(2,3)4/h9-17H,5-8,18H2,1-4H3,(H,33,35)/b31-17-. The first-order valence-electron chi connectivity index (χ1n) is 12.9. The van der Waals surface area contributed by atoms with Crippen LogP contribution < -0.4 is 11.0 Å². The van der Waals surface area contributed by atoms with Crippen molar-refractivity contribution >= 4 is 45.4 Å². The molecule has 0 fully saturated rings. The van der Waals surface area contributed by atoms with Gasteiger partial charge >= 0.3 is 0 Å². The number of fused-ring (bicyclic) bond motifs is 3. The van der Waals surface area contributed by atoms with Gasteiger partial charge in [0.2, 0.25) is 0 Å². The van der Waals surface area contributed by atoms with E-state index in [1.165, 1.54) is 22.2 Å². The second kappa shape index (κ2) is 10.9. The van der Waals surface area contributed by atoms with Gasteiger partial charge in [-0.25, -0.2) is 10.4 Å². The fourth-order valence-electron chi connectivity index (χ4n) is 4.62. The molecule has 1 N–H and O–H groups in total. The van der Waals surface area contributed by atoms with Gasteiger partial charge in [-0.1, -0.05) is 74.5 Å². The van der Waals surface area contributed by atoms with Gasteiger partial charge in [0.15, 0.2) is 5.16 Å². The molecule has 1 aliphatic carbocycles. The molecule has 2 aromatic carbocycles. The first kappa shape index (κ1) is 26.4. The number of carbonyl (C=O) groups is 1. The molecule has 0 spiro atoms. The fourth-order valence-corrected chi connectivity index (χ4v) is 6.72. The predicted molar refractivity (Wildman–Crippen MR) is 158 cm³/mol. The van der Waals surface area contributed by atoms with Crippen molar-refractivity contribution in [1.82, 2.24) is 15.0 Å². The van der Waals surface area contributed by atoms with E-state index in [-0.39, 0.29) is 22.6 Å². The average molecular weight is 545 g/mol. The summed E-state index contributed by atoms with van der Waals surface area (Å²) in [5, 5.41) is 5.38. The van der Waals surface area contributed by atoms with E-state index in [0.717, 1.165) is 58.3 Å². The molecule has 0 bridgehead atoms. The van der Waals surface area contributed by atoms with Crippen LogP contribution in [0.2, 0.25) is 0 Å². The lowest BCUT2D eigenvalue weighted by Crippen LogP contribution is -2.24. The van der Waals surface area contributed by atoms with Gasteiger partial charge in [-0.15, -0.1) is 11.3 Å². The number of thioether (sulfide) groups is 1. The van der Waals surface area contributed by atoms with Crippen molar-refractivity contribution in [2.45, 2.75) is 63.9 Å². The Morgan fingerprint density at radius 2 is 1.82 bits per heavy atom. The molecule has 1 amide bonds. The third-order valence-electron chi connectivity index (χ3n) is 6.76. The number of amides is 1. The van der Waals surface area contributed by atoms with Crippen LogP contribution in [0.5, 0.6) is 0 Å². The Morgan fingerprint density at radius 3 is 2.53 bits per heavy atom. The molecular weight excluding hydrogens is 512 g/mol. The predicted octanol–water partition coefficient (Wildman–Crippen LogP) is 6.17. The van der Waals surface area contributed by atoms with Crippen LogP contribution in [0.25, 0.3) is 15.9 Å². The van der Waals surface area contributed by atoms with E-state index < -0.39 is 0 Å². The number of nitrogens with zero attached hydrogens (tertiary/aromatic N) is 3. The van der Waals surface area contributed by atoms with E-state index in [2.05, 4.69) is 43.4 Å². The molecule has 4 aromatic rings. The van der Waals surface area contributed by atoms with Crippen LogP contribution in [0, 0.1) is 6.92 Å². The Kier molecular flexibility index (Phi) is 7.54. The summed E-state index contributed by atoms with van der Waals surface area (Å²) in [6.45, 7) is 8.53. The average Bonchev–Trinajstić information content (AvgIpc) is 3.27. The van der Waals surface area contributed by atoms with Gasteiger partial charge in [0, 0.05) is 4.88 Å². The third kappa shape index (κ3) is 5.61. The number of hydrazone groups is 1. The molecule has 2 heterocycles. The van der Waals surface area contributed by atoms with E-state index in [1.807, 2.05) is 43.3 Å². The van der Waals surface area contributed by atoms with Crippen molar-refractivity contribution in [3.63, 3.8) is 0 Å². The number of aryl methyl sites for hydroxylation is 3. The lowest BCUT2D eigenvalue weighted by molar-refractivity contribution is -0.118. The van der Waals surface area contributed by atoms with Gasteiger partial charge in [0.05, 0.1) is 23.0 Å². The SMILES string of the molecule is Cc1ccc(-n2c(SCC(=O)N/N=C\c3ccc(C(C)(C)C)cc3)nc3sc4c(c3c2=O)CCCC4)cc1. The molecule has 0 atom stereocenters. The summed E-state index contributed by atoms with van der Waals surface area (Å²) in [4.78, 5) is 33.4. The monoisotopic (exact) mass is 544 g/mol. The molecule has 0 saturated heterocycles.